The smallest absolute Gasteiger partial charge is 0.259 e. The molecule has 1 N–H and O–H groups in total. The fourth-order valence-electron chi connectivity index (χ4n) is 4.87. The van der Waals surface area contributed by atoms with Crippen molar-refractivity contribution < 1.29 is 14.3 Å². The molecule has 0 aliphatic carbocycles. The number of rotatable bonds is 4. The summed E-state index contributed by atoms with van der Waals surface area (Å²) in [7, 11) is 0. The van der Waals surface area contributed by atoms with E-state index >= 15 is 0 Å². The van der Waals surface area contributed by atoms with Crippen molar-refractivity contribution in [2.45, 2.75) is 24.8 Å². The molecule has 2 aromatic heterocycles. The van der Waals surface area contributed by atoms with Crippen molar-refractivity contribution in [3.8, 4) is 5.88 Å². The maximum Gasteiger partial charge on any atom is 0.259 e. The molecular weight excluding hydrogens is 392 g/mol. The first-order valence-corrected chi connectivity index (χ1v) is 10.4. The van der Waals surface area contributed by atoms with Gasteiger partial charge in [0, 0.05) is 30.8 Å². The quantitative estimate of drug-likeness (QED) is 0.708. The van der Waals surface area contributed by atoms with Gasteiger partial charge in [-0.1, -0.05) is 24.3 Å². The lowest BCUT2D eigenvalue weighted by Crippen LogP contribution is -2.42. The fraction of sp³-hybridized carbons (Fsp3) is 0.250. The zero-order chi connectivity index (χ0) is 21.4. The van der Waals surface area contributed by atoms with Gasteiger partial charge < -0.3 is 15.0 Å². The SMILES string of the molecule is CCOc1ncccc1C(=O)N1CCC2(C(=O)Nc3ccccc32)C1c1cccnc1. The highest BCUT2D eigenvalue weighted by Crippen LogP contribution is 2.54. The molecule has 0 radical (unpaired) electrons. The Morgan fingerprint density at radius 1 is 1.19 bits per heavy atom. The second-order valence-electron chi connectivity index (χ2n) is 7.70. The number of nitrogens with zero attached hydrogens (tertiary/aromatic N) is 3. The number of benzene rings is 1. The molecule has 1 saturated heterocycles. The number of para-hydroxylation sites is 1. The van der Waals surface area contributed by atoms with Crippen LogP contribution in [0.1, 0.15) is 40.9 Å². The number of hydrogen-bond donors (Lipinski definition) is 1. The van der Waals surface area contributed by atoms with Gasteiger partial charge in [0.25, 0.3) is 5.91 Å². The van der Waals surface area contributed by atoms with Crippen LogP contribution in [0.4, 0.5) is 5.69 Å². The first kappa shape index (κ1) is 19.2. The largest absolute Gasteiger partial charge is 0.477 e. The average molecular weight is 414 g/mol. The van der Waals surface area contributed by atoms with Crippen LogP contribution in [0.3, 0.4) is 0 Å². The lowest BCUT2D eigenvalue weighted by atomic mass is 9.73. The molecule has 3 aromatic rings. The Bertz CT molecular complexity index is 1150. The van der Waals surface area contributed by atoms with Crippen molar-refractivity contribution in [2.24, 2.45) is 0 Å². The summed E-state index contributed by atoms with van der Waals surface area (Å²) in [6.45, 7) is 2.69. The number of amides is 2. The van der Waals surface area contributed by atoms with Gasteiger partial charge in [0.05, 0.1) is 12.6 Å². The Morgan fingerprint density at radius 3 is 2.84 bits per heavy atom. The van der Waals surface area contributed by atoms with Crippen LogP contribution in [-0.2, 0) is 10.2 Å². The van der Waals surface area contributed by atoms with E-state index in [0.717, 1.165) is 16.8 Å². The number of aromatic nitrogens is 2. The first-order chi connectivity index (χ1) is 15.2. The molecule has 7 nitrogen and oxygen atoms in total. The standard InChI is InChI=1S/C24H22N4O3/c1-2-31-21-17(8-6-13-26-21)22(29)28-14-11-24(20(28)16-7-5-12-25-15-16)18-9-3-4-10-19(18)27-23(24)30/h3-10,12-13,15,20H,2,11,14H2,1H3,(H,27,30). The van der Waals surface area contributed by atoms with Gasteiger partial charge in [0.15, 0.2) is 0 Å². The van der Waals surface area contributed by atoms with Gasteiger partial charge in [-0.15, -0.1) is 0 Å². The minimum Gasteiger partial charge on any atom is -0.477 e. The Balaban J connectivity index is 1.65. The summed E-state index contributed by atoms with van der Waals surface area (Å²) in [4.78, 5) is 37.4. The number of fused-ring (bicyclic) bond motifs is 2. The van der Waals surface area contributed by atoms with Gasteiger partial charge in [0.1, 0.15) is 11.0 Å². The van der Waals surface area contributed by atoms with E-state index in [1.54, 1.807) is 35.6 Å². The van der Waals surface area contributed by atoms with Gasteiger partial charge >= 0.3 is 0 Å². The number of anilines is 1. The van der Waals surface area contributed by atoms with E-state index in [0.29, 0.717) is 31.0 Å². The van der Waals surface area contributed by atoms with E-state index in [1.807, 2.05) is 43.3 Å². The van der Waals surface area contributed by atoms with Crippen LogP contribution in [0.15, 0.2) is 67.1 Å². The summed E-state index contributed by atoms with van der Waals surface area (Å²) in [5, 5.41) is 3.03. The molecular formula is C24H22N4O3. The average Bonchev–Trinajstić information content (AvgIpc) is 3.34. The van der Waals surface area contributed by atoms with Crippen LogP contribution >= 0.6 is 0 Å². The van der Waals surface area contributed by atoms with Crippen molar-refractivity contribution in [2.75, 3.05) is 18.5 Å². The predicted octanol–water partition coefficient (Wildman–Crippen LogP) is 3.35. The Kier molecular flexibility index (Phi) is 4.66. The van der Waals surface area contributed by atoms with Gasteiger partial charge in [-0.25, -0.2) is 4.98 Å². The summed E-state index contributed by atoms with van der Waals surface area (Å²) in [6.07, 6.45) is 5.55. The van der Waals surface area contributed by atoms with Crippen molar-refractivity contribution in [3.05, 3.63) is 83.8 Å². The topological polar surface area (TPSA) is 84.4 Å². The van der Waals surface area contributed by atoms with E-state index in [-0.39, 0.29) is 11.8 Å². The van der Waals surface area contributed by atoms with Crippen molar-refractivity contribution >= 4 is 17.5 Å². The van der Waals surface area contributed by atoms with Gasteiger partial charge in [-0.05, 0) is 48.7 Å². The van der Waals surface area contributed by atoms with Crippen LogP contribution in [-0.4, -0.2) is 39.8 Å². The van der Waals surface area contributed by atoms with Crippen molar-refractivity contribution in [1.29, 1.82) is 0 Å². The van der Waals surface area contributed by atoms with Gasteiger partial charge in [-0.3, -0.25) is 14.6 Å². The fourth-order valence-corrected chi connectivity index (χ4v) is 4.87. The summed E-state index contributed by atoms with van der Waals surface area (Å²) in [6, 6.07) is 14.4. The number of ether oxygens (including phenoxy) is 1. The highest BCUT2D eigenvalue weighted by molar-refractivity contribution is 6.08. The molecule has 4 heterocycles. The maximum absolute atomic E-state index is 13.7. The molecule has 5 rings (SSSR count). The molecule has 7 heteroatoms. The molecule has 156 valence electrons. The highest BCUT2D eigenvalue weighted by Gasteiger charge is 2.59. The summed E-state index contributed by atoms with van der Waals surface area (Å²) < 4.78 is 5.60. The minimum absolute atomic E-state index is 0.0888. The van der Waals surface area contributed by atoms with Crippen LogP contribution in [0.2, 0.25) is 0 Å². The predicted molar refractivity (Wildman–Crippen MR) is 115 cm³/mol. The Labute approximate surface area is 180 Å². The normalized spacial score (nSPS) is 21.8. The van der Waals surface area contributed by atoms with E-state index < -0.39 is 11.5 Å². The zero-order valence-corrected chi connectivity index (χ0v) is 17.1. The molecule has 1 aromatic carbocycles. The van der Waals surface area contributed by atoms with Crippen LogP contribution in [0.25, 0.3) is 0 Å². The second-order valence-corrected chi connectivity index (χ2v) is 7.70. The zero-order valence-electron chi connectivity index (χ0n) is 17.1. The number of hydrogen-bond acceptors (Lipinski definition) is 5. The van der Waals surface area contributed by atoms with Gasteiger partial charge in [-0.2, -0.15) is 0 Å². The maximum atomic E-state index is 13.7. The van der Waals surface area contributed by atoms with Crippen LogP contribution in [0.5, 0.6) is 5.88 Å². The van der Waals surface area contributed by atoms with Gasteiger partial charge in [0.2, 0.25) is 11.8 Å². The van der Waals surface area contributed by atoms with Crippen LogP contribution < -0.4 is 10.1 Å². The third-order valence-corrected chi connectivity index (χ3v) is 6.13. The number of pyridine rings is 2. The van der Waals surface area contributed by atoms with Crippen molar-refractivity contribution in [1.82, 2.24) is 14.9 Å². The van der Waals surface area contributed by atoms with E-state index in [1.165, 1.54) is 0 Å². The third kappa shape index (κ3) is 2.88. The molecule has 0 saturated carbocycles. The molecule has 31 heavy (non-hydrogen) atoms. The Hall–Kier alpha value is -3.74. The molecule has 2 aliphatic heterocycles. The lowest BCUT2D eigenvalue weighted by molar-refractivity contribution is -0.121. The molecule has 2 unspecified atom stereocenters. The highest BCUT2D eigenvalue weighted by atomic mass is 16.5. The summed E-state index contributed by atoms with van der Waals surface area (Å²) in [5.74, 6) is 0.00527. The molecule has 0 bridgehead atoms. The molecule has 1 fully saturated rings. The second kappa shape index (κ2) is 7.50. The Morgan fingerprint density at radius 2 is 2.03 bits per heavy atom. The minimum atomic E-state index is -0.872. The van der Waals surface area contributed by atoms with E-state index in [9.17, 15) is 9.59 Å². The van der Waals surface area contributed by atoms with E-state index in [4.69, 9.17) is 4.74 Å². The number of likely N-dealkylation sites (tertiary alicyclic amines) is 1. The number of carbonyl (C=O) groups is 2. The molecule has 1 spiro atoms. The number of carbonyl (C=O) groups excluding carboxylic acids is 2. The molecule has 2 aliphatic rings. The molecule has 2 amide bonds. The third-order valence-electron chi connectivity index (χ3n) is 6.13. The molecule has 2 atom stereocenters. The summed E-state index contributed by atoms with van der Waals surface area (Å²) in [5.41, 5.74) is 2.06. The van der Waals surface area contributed by atoms with Crippen molar-refractivity contribution in [3.63, 3.8) is 0 Å². The van der Waals surface area contributed by atoms with E-state index in [2.05, 4.69) is 15.3 Å². The summed E-state index contributed by atoms with van der Waals surface area (Å²) >= 11 is 0. The first-order valence-electron chi connectivity index (χ1n) is 10.4. The number of nitrogens with one attached hydrogen (secondary N) is 1. The van der Waals surface area contributed by atoms with Crippen LogP contribution in [0, 0.1) is 0 Å². The monoisotopic (exact) mass is 414 g/mol. The lowest BCUT2D eigenvalue weighted by Gasteiger charge is -2.34.